The van der Waals surface area contributed by atoms with Gasteiger partial charge >= 0.3 is 0 Å². The number of oxime groups is 2. The molecule has 0 unspecified atom stereocenters. The van der Waals surface area contributed by atoms with E-state index < -0.39 is 0 Å². The van der Waals surface area contributed by atoms with Crippen LogP contribution in [0.25, 0.3) is 0 Å². The number of nitrogens with zero attached hydrogens (tertiary/aromatic N) is 2. The molecule has 2 aromatic rings. The molecule has 0 aliphatic carbocycles. The number of rotatable bonds is 20. The second-order valence-corrected chi connectivity index (χ2v) is 10.7. The number of hydrogen-bond donors (Lipinski definition) is 4. The Bertz CT molecular complexity index is 978. The minimum Gasteiger partial charge on any atom is -0.507 e. The molecule has 43 heavy (non-hydrogen) atoms. The molecule has 8 nitrogen and oxygen atoms in total. The third-order valence-electron chi connectivity index (χ3n) is 7.02. The topological polar surface area (TPSA) is 124 Å². The summed E-state index contributed by atoms with van der Waals surface area (Å²) < 4.78 is 11.3. The van der Waals surface area contributed by atoms with Gasteiger partial charge in [0.2, 0.25) is 0 Å². The Kier molecular flexibility index (Phi) is 24.3. The van der Waals surface area contributed by atoms with E-state index in [1.54, 1.807) is 38.1 Å². The summed E-state index contributed by atoms with van der Waals surface area (Å²) in [5.74, 6) is 0.231. The van der Waals surface area contributed by atoms with Crippen LogP contribution in [0.1, 0.15) is 127 Å². The molecule has 2 rings (SSSR count). The monoisotopic (exact) mass is 649 g/mol. The summed E-state index contributed by atoms with van der Waals surface area (Å²) in [6.07, 6.45) is 15.0. The molecule has 0 fully saturated rings. The molecular weight excluding hydrogens is 596 g/mol. The minimum absolute atomic E-state index is 0. The molecule has 0 aliphatic rings. The number of aromatic hydroxyl groups is 2. The first-order valence-electron chi connectivity index (χ1n) is 15.5. The van der Waals surface area contributed by atoms with Gasteiger partial charge in [0.1, 0.15) is 11.5 Å². The van der Waals surface area contributed by atoms with Gasteiger partial charge in [0.15, 0.2) is 0 Å². The van der Waals surface area contributed by atoms with Crippen molar-refractivity contribution in [3.05, 3.63) is 58.7 Å². The second kappa shape index (κ2) is 25.9. The third kappa shape index (κ3) is 18.0. The van der Waals surface area contributed by atoms with Gasteiger partial charge in [-0.05, 0) is 62.1 Å². The van der Waals surface area contributed by atoms with E-state index in [2.05, 4.69) is 24.2 Å². The van der Waals surface area contributed by atoms with Gasteiger partial charge in [-0.3, -0.25) is 0 Å². The summed E-state index contributed by atoms with van der Waals surface area (Å²) in [5, 5.41) is 43.2. The number of unbranched alkanes of at least 4 members (excludes halogenated alkanes) is 10. The molecule has 0 aromatic heterocycles. The maximum atomic E-state index is 9.72. The Morgan fingerprint density at radius 3 is 1.28 bits per heavy atom. The molecule has 0 heterocycles. The van der Waals surface area contributed by atoms with Gasteiger partial charge in [-0.1, -0.05) is 100 Å². The van der Waals surface area contributed by atoms with E-state index in [0.29, 0.717) is 35.8 Å². The first kappa shape index (κ1) is 40.4. The summed E-state index contributed by atoms with van der Waals surface area (Å²) in [7, 11) is 0. The molecule has 4 N–H and O–H groups in total. The molecule has 0 spiro atoms. The van der Waals surface area contributed by atoms with E-state index in [1.165, 1.54) is 64.2 Å². The van der Waals surface area contributed by atoms with Crippen LogP contribution in [-0.2, 0) is 39.8 Å². The molecule has 247 valence electrons. The number of hydrogen-bond acceptors (Lipinski definition) is 8. The first-order chi connectivity index (χ1) is 20.4. The van der Waals surface area contributed by atoms with Gasteiger partial charge in [0.25, 0.3) is 0 Å². The SMILES string of the molecule is CCCCCCCCOCc1ccc(O)c(/C(C)=N/O)c1.CCCCCCCCOCc1ccc(O)c(/C(C)=N/O)c1.[Cu]. The number of ether oxygens (including phenoxy) is 2. The van der Waals surface area contributed by atoms with Crippen LogP contribution in [0, 0.1) is 0 Å². The molecule has 0 saturated carbocycles. The van der Waals surface area contributed by atoms with Crippen molar-refractivity contribution in [2.75, 3.05) is 13.2 Å². The van der Waals surface area contributed by atoms with Gasteiger partial charge in [-0.25, -0.2) is 0 Å². The number of phenolic OH excluding ortho intramolecular Hbond substituents is 2. The van der Waals surface area contributed by atoms with E-state index in [1.807, 2.05) is 12.1 Å². The molecular formula is C34H54CuN2O6. The zero-order valence-corrected chi connectivity index (χ0v) is 27.5. The van der Waals surface area contributed by atoms with Gasteiger partial charge in [0.05, 0.1) is 24.6 Å². The Balaban J connectivity index is 0.000000802. The number of phenols is 2. The standard InChI is InChI=1S/2C17H27NO3.Cu/c2*1-3-4-5-6-7-8-11-21-13-15-9-10-17(19)16(12-15)14(2)18-20;/h2*9-10,12,19-20H,3-8,11,13H2,1-2H3;/b2*18-14+;. The number of benzene rings is 2. The van der Waals surface area contributed by atoms with Gasteiger partial charge in [-0.2, -0.15) is 0 Å². The van der Waals surface area contributed by atoms with Crippen LogP contribution in [0.2, 0.25) is 0 Å². The van der Waals surface area contributed by atoms with Crippen molar-refractivity contribution in [3.8, 4) is 11.5 Å². The summed E-state index contributed by atoms with van der Waals surface area (Å²) in [5.41, 5.74) is 3.81. The average Bonchev–Trinajstić information content (AvgIpc) is 3.00. The maximum absolute atomic E-state index is 9.72. The maximum Gasteiger partial charge on any atom is 0.124 e. The van der Waals surface area contributed by atoms with Gasteiger partial charge in [0, 0.05) is 41.4 Å². The molecule has 0 amide bonds. The van der Waals surface area contributed by atoms with E-state index in [-0.39, 0.29) is 28.6 Å². The summed E-state index contributed by atoms with van der Waals surface area (Å²) in [4.78, 5) is 0. The summed E-state index contributed by atoms with van der Waals surface area (Å²) in [6.45, 7) is 10.3. The molecule has 0 bridgehead atoms. The quantitative estimate of drug-likeness (QED) is 0.0373. The predicted octanol–water partition coefficient (Wildman–Crippen LogP) is 8.93. The summed E-state index contributed by atoms with van der Waals surface area (Å²) in [6, 6.07) is 10.5. The Morgan fingerprint density at radius 1 is 0.581 bits per heavy atom. The van der Waals surface area contributed by atoms with Crippen molar-refractivity contribution in [1.82, 2.24) is 0 Å². The predicted molar refractivity (Wildman–Crippen MR) is 170 cm³/mol. The van der Waals surface area contributed by atoms with E-state index in [9.17, 15) is 10.2 Å². The Hall–Kier alpha value is -2.58. The smallest absolute Gasteiger partial charge is 0.124 e. The van der Waals surface area contributed by atoms with Crippen LogP contribution in [0.15, 0.2) is 46.7 Å². The van der Waals surface area contributed by atoms with E-state index in [4.69, 9.17) is 19.9 Å². The van der Waals surface area contributed by atoms with Crippen LogP contribution in [0.5, 0.6) is 11.5 Å². The largest absolute Gasteiger partial charge is 0.507 e. The normalized spacial score (nSPS) is 11.5. The summed E-state index contributed by atoms with van der Waals surface area (Å²) >= 11 is 0. The second-order valence-electron chi connectivity index (χ2n) is 10.7. The van der Waals surface area contributed by atoms with Crippen molar-refractivity contribution in [3.63, 3.8) is 0 Å². The van der Waals surface area contributed by atoms with Crippen LogP contribution < -0.4 is 0 Å². The van der Waals surface area contributed by atoms with Crippen molar-refractivity contribution in [2.24, 2.45) is 10.3 Å². The van der Waals surface area contributed by atoms with Crippen molar-refractivity contribution >= 4 is 11.4 Å². The van der Waals surface area contributed by atoms with Crippen LogP contribution in [-0.4, -0.2) is 45.3 Å². The zero-order chi connectivity index (χ0) is 31.0. The molecule has 0 aliphatic heterocycles. The Morgan fingerprint density at radius 2 is 0.930 bits per heavy atom. The van der Waals surface area contributed by atoms with Gasteiger partial charge in [-0.15, -0.1) is 0 Å². The fraction of sp³-hybridized carbons (Fsp3) is 0.588. The van der Waals surface area contributed by atoms with Crippen molar-refractivity contribution in [2.45, 2.75) is 118 Å². The van der Waals surface area contributed by atoms with Crippen molar-refractivity contribution in [1.29, 1.82) is 0 Å². The fourth-order valence-corrected chi connectivity index (χ4v) is 4.38. The average molecular weight is 650 g/mol. The zero-order valence-electron chi connectivity index (χ0n) is 26.6. The van der Waals surface area contributed by atoms with Crippen LogP contribution in [0.3, 0.4) is 0 Å². The molecule has 0 saturated heterocycles. The van der Waals surface area contributed by atoms with E-state index >= 15 is 0 Å². The molecule has 0 atom stereocenters. The van der Waals surface area contributed by atoms with Crippen LogP contribution in [0.4, 0.5) is 0 Å². The minimum atomic E-state index is 0. The van der Waals surface area contributed by atoms with Crippen LogP contribution >= 0.6 is 0 Å². The van der Waals surface area contributed by atoms with E-state index in [0.717, 1.165) is 37.2 Å². The van der Waals surface area contributed by atoms with Gasteiger partial charge < -0.3 is 30.1 Å². The first-order valence-corrected chi connectivity index (χ1v) is 15.5. The molecule has 2 aromatic carbocycles. The fourth-order valence-electron chi connectivity index (χ4n) is 4.38. The Labute approximate surface area is 269 Å². The molecule has 1 radical (unpaired) electrons. The van der Waals surface area contributed by atoms with Crippen molar-refractivity contribution < 1.29 is 47.2 Å². The molecule has 9 heteroatoms. The third-order valence-corrected chi connectivity index (χ3v) is 7.02.